The quantitative estimate of drug-likeness (QED) is 0.871. The molecule has 0 aromatic carbocycles. The van der Waals surface area contributed by atoms with E-state index in [1.807, 2.05) is 0 Å². The summed E-state index contributed by atoms with van der Waals surface area (Å²) in [6.07, 6.45) is 4.29. The molecule has 4 nitrogen and oxygen atoms in total. The molecule has 0 radical (unpaired) electrons. The summed E-state index contributed by atoms with van der Waals surface area (Å²) in [6.45, 7) is 8.17. The Bertz CT molecular complexity index is 400. The Hall–Kier alpha value is -1.16. The van der Waals surface area contributed by atoms with Gasteiger partial charge in [0.2, 0.25) is 0 Å². The lowest BCUT2D eigenvalue weighted by Gasteiger charge is -2.15. The maximum absolute atomic E-state index is 5.69. The summed E-state index contributed by atoms with van der Waals surface area (Å²) in [5, 5.41) is 3.39. The molecular formula is C14H23N3O. The zero-order chi connectivity index (χ0) is 13.0. The van der Waals surface area contributed by atoms with Gasteiger partial charge in [0.1, 0.15) is 11.9 Å². The smallest absolute Gasteiger partial charge is 0.159 e. The summed E-state index contributed by atoms with van der Waals surface area (Å²) in [5.74, 6) is 1.84. The fraction of sp³-hybridized carbons (Fsp3) is 0.714. The molecular weight excluding hydrogens is 226 g/mol. The van der Waals surface area contributed by atoms with Crippen molar-refractivity contribution in [2.45, 2.75) is 52.6 Å². The zero-order valence-corrected chi connectivity index (χ0v) is 11.6. The van der Waals surface area contributed by atoms with Crippen molar-refractivity contribution in [2.24, 2.45) is 0 Å². The topological polar surface area (TPSA) is 47.0 Å². The van der Waals surface area contributed by atoms with Crippen LogP contribution in [0.1, 0.15) is 56.3 Å². The van der Waals surface area contributed by atoms with Crippen molar-refractivity contribution in [2.75, 3.05) is 18.5 Å². The van der Waals surface area contributed by atoms with Crippen molar-refractivity contribution in [3.05, 3.63) is 17.1 Å². The van der Waals surface area contributed by atoms with E-state index in [1.54, 1.807) is 0 Å². The number of aromatic nitrogens is 2. The third-order valence-corrected chi connectivity index (χ3v) is 3.36. The molecule has 1 fully saturated rings. The highest BCUT2D eigenvalue weighted by molar-refractivity contribution is 5.46. The van der Waals surface area contributed by atoms with Crippen LogP contribution in [0, 0.1) is 6.92 Å². The van der Waals surface area contributed by atoms with Crippen molar-refractivity contribution < 1.29 is 4.74 Å². The molecule has 4 heteroatoms. The summed E-state index contributed by atoms with van der Waals surface area (Å²) in [5.41, 5.74) is 2.31. The zero-order valence-electron chi connectivity index (χ0n) is 11.6. The molecule has 1 saturated heterocycles. The van der Waals surface area contributed by atoms with E-state index in [4.69, 9.17) is 4.74 Å². The fourth-order valence-electron chi connectivity index (χ4n) is 2.27. The summed E-state index contributed by atoms with van der Waals surface area (Å²) < 4.78 is 5.69. The molecule has 1 aliphatic rings. The number of nitrogens with one attached hydrogen (secondary N) is 1. The van der Waals surface area contributed by atoms with Crippen LogP contribution in [-0.2, 0) is 11.2 Å². The van der Waals surface area contributed by atoms with Crippen molar-refractivity contribution in [1.82, 2.24) is 9.97 Å². The Morgan fingerprint density at radius 3 is 2.78 bits per heavy atom. The molecule has 2 heterocycles. The van der Waals surface area contributed by atoms with Gasteiger partial charge < -0.3 is 10.1 Å². The largest absolute Gasteiger partial charge is 0.370 e. The van der Waals surface area contributed by atoms with E-state index in [0.29, 0.717) is 0 Å². The van der Waals surface area contributed by atoms with E-state index in [1.165, 1.54) is 5.56 Å². The lowest BCUT2D eigenvalue weighted by atomic mass is 10.1. The van der Waals surface area contributed by atoms with E-state index in [2.05, 4.69) is 36.1 Å². The normalized spacial score (nSPS) is 19.2. The van der Waals surface area contributed by atoms with Gasteiger partial charge in [0.05, 0.1) is 0 Å². The Kier molecular flexibility index (Phi) is 4.53. The molecule has 0 saturated carbocycles. The van der Waals surface area contributed by atoms with Gasteiger partial charge in [-0.2, -0.15) is 0 Å². The van der Waals surface area contributed by atoms with E-state index in [9.17, 15) is 0 Å². The number of rotatable bonds is 5. The van der Waals surface area contributed by atoms with Crippen molar-refractivity contribution in [1.29, 1.82) is 0 Å². The second-order valence-corrected chi connectivity index (χ2v) is 4.78. The number of ether oxygens (including phenoxy) is 1. The van der Waals surface area contributed by atoms with Crippen LogP contribution in [0.4, 0.5) is 5.82 Å². The Labute approximate surface area is 109 Å². The second-order valence-electron chi connectivity index (χ2n) is 4.78. The molecule has 0 bridgehead atoms. The van der Waals surface area contributed by atoms with E-state index < -0.39 is 0 Å². The lowest BCUT2D eigenvalue weighted by Crippen LogP contribution is -2.12. The highest BCUT2D eigenvalue weighted by atomic mass is 16.5. The lowest BCUT2D eigenvalue weighted by molar-refractivity contribution is 0.105. The number of nitrogens with zero attached hydrogens (tertiary/aromatic N) is 2. The molecule has 0 amide bonds. The molecule has 1 aromatic rings. The van der Waals surface area contributed by atoms with Crippen LogP contribution >= 0.6 is 0 Å². The minimum absolute atomic E-state index is 0.0954. The molecule has 100 valence electrons. The molecule has 2 rings (SSSR count). The van der Waals surface area contributed by atoms with Gasteiger partial charge in [-0.3, -0.25) is 0 Å². The maximum Gasteiger partial charge on any atom is 0.159 e. The number of hydrogen-bond acceptors (Lipinski definition) is 4. The molecule has 1 atom stereocenters. The third kappa shape index (κ3) is 2.80. The molecule has 1 unspecified atom stereocenters. The van der Waals surface area contributed by atoms with Crippen molar-refractivity contribution >= 4 is 5.82 Å². The molecule has 1 N–H and O–H groups in total. The van der Waals surface area contributed by atoms with E-state index >= 15 is 0 Å². The summed E-state index contributed by atoms with van der Waals surface area (Å²) >= 11 is 0. The number of anilines is 1. The first-order chi connectivity index (χ1) is 8.76. The first-order valence-corrected chi connectivity index (χ1v) is 6.99. The third-order valence-electron chi connectivity index (χ3n) is 3.36. The van der Waals surface area contributed by atoms with Gasteiger partial charge in [-0.15, -0.1) is 0 Å². The van der Waals surface area contributed by atoms with Gasteiger partial charge in [-0.25, -0.2) is 9.97 Å². The Morgan fingerprint density at radius 1 is 1.33 bits per heavy atom. The highest BCUT2D eigenvalue weighted by Gasteiger charge is 2.22. The minimum Gasteiger partial charge on any atom is -0.370 e. The van der Waals surface area contributed by atoms with E-state index in [-0.39, 0.29) is 6.10 Å². The van der Waals surface area contributed by atoms with Gasteiger partial charge in [0.15, 0.2) is 5.82 Å². The average molecular weight is 249 g/mol. The second kappa shape index (κ2) is 6.14. The predicted octanol–water partition coefficient (Wildman–Crippen LogP) is 3.02. The van der Waals surface area contributed by atoms with Crippen LogP contribution < -0.4 is 5.32 Å². The average Bonchev–Trinajstić information content (AvgIpc) is 2.91. The molecule has 1 aliphatic heterocycles. The minimum atomic E-state index is 0.0954. The summed E-state index contributed by atoms with van der Waals surface area (Å²) in [7, 11) is 0. The van der Waals surface area contributed by atoms with Crippen LogP contribution in [0.2, 0.25) is 0 Å². The van der Waals surface area contributed by atoms with Gasteiger partial charge in [-0.05, 0) is 32.6 Å². The number of hydrogen-bond donors (Lipinski definition) is 1. The summed E-state index contributed by atoms with van der Waals surface area (Å²) in [4.78, 5) is 9.32. The van der Waals surface area contributed by atoms with Crippen molar-refractivity contribution in [3.8, 4) is 0 Å². The van der Waals surface area contributed by atoms with Crippen LogP contribution in [0.15, 0.2) is 0 Å². The molecule has 0 aliphatic carbocycles. The van der Waals surface area contributed by atoms with Crippen LogP contribution in [0.3, 0.4) is 0 Å². The van der Waals surface area contributed by atoms with Gasteiger partial charge >= 0.3 is 0 Å². The fourth-order valence-corrected chi connectivity index (χ4v) is 2.27. The summed E-state index contributed by atoms with van der Waals surface area (Å²) in [6, 6.07) is 0. The van der Waals surface area contributed by atoms with Crippen LogP contribution in [-0.4, -0.2) is 23.1 Å². The van der Waals surface area contributed by atoms with Gasteiger partial charge in [0, 0.05) is 24.4 Å². The number of aryl methyl sites for hydroxylation is 1. The Morgan fingerprint density at radius 2 is 2.17 bits per heavy atom. The molecule has 1 aromatic heterocycles. The van der Waals surface area contributed by atoms with Gasteiger partial charge in [-0.1, -0.05) is 13.8 Å². The monoisotopic (exact) mass is 249 g/mol. The van der Waals surface area contributed by atoms with E-state index in [0.717, 1.165) is 56.2 Å². The first-order valence-electron chi connectivity index (χ1n) is 6.99. The first kappa shape index (κ1) is 13.3. The van der Waals surface area contributed by atoms with Crippen LogP contribution in [0.5, 0.6) is 0 Å². The maximum atomic E-state index is 5.69. The standard InChI is InChI=1S/C14H23N3O/c1-4-8-15-13-10(3)11(5-2)16-14(17-13)12-7-6-9-18-12/h12H,4-9H2,1-3H3,(H,15,16,17). The van der Waals surface area contributed by atoms with Crippen molar-refractivity contribution in [3.63, 3.8) is 0 Å². The predicted molar refractivity (Wildman–Crippen MR) is 72.9 cm³/mol. The highest BCUT2D eigenvalue weighted by Crippen LogP contribution is 2.28. The van der Waals surface area contributed by atoms with Gasteiger partial charge in [0.25, 0.3) is 0 Å². The molecule has 18 heavy (non-hydrogen) atoms. The van der Waals surface area contributed by atoms with Crippen LogP contribution in [0.25, 0.3) is 0 Å². The SMILES string of the molecule is CCCNc1nc(C2CCCO2)nc(CC)c1C. The Balaban J connectivity index is 2.29. The molecule has 0 spiro atoms.